The lowest BCUT2D eigenvalue weighted by atomic mass is 10.2. The molecule has 2 aliphatic rings. The summed E-state index contributed by atoms with van der Waals surface area (Å²) in [6.07, 6.45) is 1.73. The van der Waals surface area contributed by atoms with E-state index in [1.165, 1.54) is 0 Å². The fraction of sp³-hybridized carbons (Fsp3) is 0.385. The van der Waals surface area contributed by atoms with E-state index in [1.807, 2.05) is 0 Å². The molecule has 0 aliphatic carbocycles. The summed E-state index contributed by atoms with van der Waals surface area (Å²) in [4.78, 5) is 2.79. The smallest absolute Gasteiger partial charge is 0.206 e. The summed E-state index contributed by atoms with van der Waals surface area (Å²) in [5, 5.41) is 0. The Morgan fingerprint density at radius 1 is 1.26 bits per heavy atom. The molecular weight excluding hydrogens is 264 g/mol. The van der Waals surface area contributed by atoms with E-state index in [4.69, 9.17) is 10.5 Å². The third kappa shape index (κ3) is 2.16. The number of morpholine rings is 1. The number of nitrogens with two attached hydrogens (primary N) is 1. The minimum atomic E-state index is -3.42. The van der Waals surface area contributed by atoms with Crippen molar-refractivity contribution in [1.29, 1.82) is 0 Å². The molecule has 3 rings (SSSR count). The van der Waals surface area contributed by atoms with Crippen molar-refractivity contribution < 1.29 is 13.2 Å². The molecule has 0 amide bonds. The van der Waals surface area contributed by atoms with E-state index >= 15 is 0 Å². The Morgan fingerprint density at radius 2 is 2.00 bits per heavy atom. The molecule has 2 heterocycles. The van der Waals surface area contributed by atoms with Gasteiger partial charge in [0.15, 0.2) is 0 Å². The predicted octanol–water partition coefficient (Wildman–Crippen LogP) is 0.729. The van der Waals surface area contributed by atoms with Crippen LogP contribution >= 0.6 is 0 Å². The van der Waals surface area contributed by atoms with Crippen LogP contribution in [0.25, 0.3) is 6.08 Å². The molecule has 102 valence electrons. The van der Waals surface area contributed by atoms with Gasteiger partial charge in [-0.1, -0.05) is 12.1 Å². The lowest BCUT2D eigenvalue weighted by Gasteiger charge is -2.26. The summed E-state index contributed by atoms with van der Waals surface area (Å²) in [6, 6.07) is 5.19. The van der Waals surface area contributed by atoms with Crippen LogP contribution in [0.2, 0.25) is 0 Å². The third-order valence-electron chi connectivity index (χ3n) is 3.49. The molecule has 1 saturated heterocycles. The fourth-order valence-corrected chi connectivity index (χ4v) is 4.20. The van der Waals surface area contributed by atoms with Crippen LogP contribution < -0.4 is 5.73 Å². The molecule has 1 aromatic carbocycles. The third-order valence-corrected chi connectivity index (χ3v) is 5.44. The van der Waals surface area contributed by atoms with Crippen molar-refractivity contribution >= 4 is 21.6 Å². The van der Waals surface area contributed by atoms with Crippen LogP contribution in [0.4, 0.5) is 5.69 Å². The zero-order valence-corrected chi connectivity index (χ0v) is 11.3. The number of rotatable bonds is 2. The maximum atomic E-state index is 12.5. The van der Waals surface area contributed by atoms with Gasteiger partial charge in [-0.25, -0.2) is 8.42 Å². The molecule has 1 fully saturated rings. The Kier molecular flexibility index (Phi) is 3.08. The van der Waals surface area contributed by atoms with Crippen LogP contribution in [0, 0.1) is 0 Å². The number of sulfone groups is 1. The van der Waals surface area contributed by atoms with Crippen molar-refractivity contribution in [1.82, 2.24) is 4.90 Å². The zero-order valence-electron chi connectivity index (χ0n) is 10.5. The Balaban J connectivity index is 1.91. The van der Waals surface area contributed by atoms with E-state index in [2.05, 4.69) is 4.90 Å². The summed E-state index contributed by atoms with van der Waals surface area (Å²) in [5.74, 6) is 0. The van der Waals surface area contributed by atoms with Gasteiger partial charge in [0.25, 0.3) is 0 Å². The average molecular weight is 280 g/mol. The lowest BCUT2D eigenvalue weighted by Crippen LogP contribution is -2.38. The zero-order chi connectivity index (χ0) is 13.5. The second kappa shape index (κ2) is 4.63. The van der Waals surface area contributed by atoms with E-state index in [-0.39, 0.29) is 4.90 Å². The highest BCUT2D eigenvalue weighted by Gasteiger charge is 2.32. The molecule has 2 N–H and O–H groups in total. The van der Waals surface area contributed by atoms with E-state index in [9.17, 15) is 8.42 Å². The van der Waals surface area contributed by atoms with Gasteiger partial charge in [0, 0.05) is 19.6 Å². The monoisotopic (exact) mass is 280 g/mol. The number of nitrogen functional groups attached to an aromatic ring is 1. The topological polar surface area (TPSA) is 72.6 Å². The molecule has 0 atom stereocenters. The summed E-state index contributed by atoms with van der Waals surface area (Å²) in [5.41, 5.74) is 6.82. The van der Waals surface area contributed by atoms with Gasteiger partial charge in [0.1, 0.15) is 4.90 Å². The van der Waals surface area contributed by atoms with Crippen molar-refractivity contribution in [2.45, 2.75) is 4.90 Å². The first-order valence-corrected chi connectivity index (χ1v) is 7.71. The number of fused-ring (bicyclic) bond motifs is 1. The van der Waals surface area contributed by atoms with Gasteiger partial charge in [0.05, 0.1) is 23.8 Å². The van der Waals surface area contributed by atoms with Gasteiger partial charge in [-0.15, -0.1) is 0 Å². The molecule has 2 aliphatic heterocycles. The van der Waals surface area contributed by atoms with Crippen LogP contribution in [0.5, 0.6) is 0 Å². The van der Waals surface area contributed by atoms with Crippen LogP contribution in [-0.2, 0) is 14.6 Å². The predicted molar refractivity (Wildman–Crippen MR) is 73.3 cm³/mol. The Bertz CT molecular complexity index is 631. The van der Waals surface area contributed by atoms with Crippen molar-refractivity contribution in [3.8, 4) is 0 Å². The largest absolute Gasteiger partial charge is 0.398 e. The highest BCUT2D eigenvalue weighted by Crippen LogP contribution is 2.36. The molecule has 0 unspecified atom stereocenters. The minimum absolute atomic E-state index is 0.262. The SMILES string of the molecule is Nc1cccc2c1S(=O)(=O)C(CN1CCOCC1)=C2. The first kappa shape index (κ1) is 12.7. The van der Waals surface area contributed by atoms with E-state index in [1.54, 1.807) is 24.3 Å². The van der Waals surface area contributed by atoms with Crippen LogP contribution in [0.3, 0.4) is 0 Å². The fourth-order valence-electron chi connectivity index (χ4n) is 2.49. The normalized spacial score (nSPS) is 22.0. The molecular formula is C13H16N2O3S. The first-order chi connectivity index (χ1) is 9.09. The first-order valence-electron chi connectivity index (χ1n) is 6.23. The molecule has 0 bridgehead atoms. The quantitative estimate of drug-likeness (QED) is 0.809. The Hall–Kier alpha value is -1.37. The van der Waals surface area contributed by atoms with Gasteiger partial charge in [-0.3, -0.25) is 4.90 Å². The highest BCUT2D eigenvalue weighted by atomic mass is 32.2. The summed E-state index contributed by atoms with van der Waals surface area (Å²) < 4.78 is 30.2. The van der Waals surface area contributed by atoms with Crippen LogP contribution in [0.1, 0.15) is 5.56 Å². The maximum absolute atomic E-state index is 12.5. The molecule has 0 aromatic heterocycles. The summed E-state index contributed by atoms with van der Waals surface area (Å²) in [6.45, 7) is 3.27. The minimum Gasteiger partial charge on any atom is -0.398 e. The van der Waals surface area contributed by atoms with E-state index in [0.717, 1.165) is 13.1 Å². The number of nitrogens with zero attached hydrogens (tertiary/aromatic N) is 1. The van der Waals surface area contributed by atoms with Gasteiger partial charge >= 0.3 is 0 Å². The van der Waals surface area contributed by atoms with Gasteiger partial charge < -0.3 is 10.5 Å². The number of anilines is 1. The number of ether oxygens (including phenoxy) is 1. The van der Waals surface area contributed by atoms with Crippen molar-refractivity contribution in [2.24, 2.45) is 0 Å². The number of hydrogen-bond donors (Lipinski definition) is 1. The maximum Gasteiger partial charge on any atom is 0.206 e. The molecule has 0 radical (unpaired) electrons. The van der Waals surface area contributed by atoms with Crippen LogP contribution in [0.15, 0.2) is 28.0 Å². The van der Waals surface area contributed by atoms with Crippen LogP contribution in [-0.4, -0.2) is 46.2 Å². The summed E-state index contributed by atoms with van der Waals surface area (Å²) in [7, 11) is -3.42. The molecule has 0 spiro atoms. The summed E-state index contributed by atoms with van der Waals surface area (Å²) >= 11 is 0. The Morgan fingerprint density at radius 3 is 2.68 bits per heavy atom. The van der Waals surface area contributed by atoms with Crippen molar-refractivity contribution in [3.63, 3.8) is 0 Å². The average Bonchev–Trinajstić information content (AvgIpc) is 2.63. The second-order valence-electron chi connectivity index (χ2n) is 4.77. The molecule has 5 nitrogen and oxygen atoms in total. The van der Waals surface area contributed by atoms with E-state index < -0.39 is 9.84 Å². The Labute approximate surface area is 112 Å². The molecule has 19 heavy (non-hydrogen) atoms. The van der Waals surface area contributed by atoms with Gasteiger partial charge in [-0.05, 0) is 17.7 Å². The molecule has 1 aromatic rings. The van der Waals surface area contributed by atoms with Gasteiger partial charge in [0.2, 0.25) is 9.84 Å². The van der Waals surface area contributed by atoms with Crippen molar-refractivity contribution in [3.05, 3.63) is 28.7 Å². The van der Waals surface area contributed by atoms with Crippen molar-refractivity contribution in [2.75, 3.05) is 38.6 Å². The molecule has 6 heteroatoms. The standard InChI is InChI=1S/C13H16N2O3S/c14-12-3-1-2-10-8-11(19(16,17)13(10)12)9-15-4-6-18-7-5-15/h1-3,8H,4-7,9,14H2. The molecule has 0 saturated carbocycles. The highest BCUT2D eigenvalue weighted by molar-refractivity contribution is 7.96. The second-order valence-corrected chi connectivity index (χ2v) is 6.71. The number of benzene rings is 1. The van der Waals surface area contributed by atoms with E-state index in [0.29, 0.717) is 35.9 Å². The number of hydrogen-bond acceptors (Lipinski definition) is 5. The lowest BCUT2D eigenvalue weighted by molar-refractivity contribution is 0.0430. The van der Waals surface area contributed by atoms with Gasteiger partial charge in [-0.2, -0.15) is 0 Å².